The first kappa shape index (κ1) is 23.3. The Balaban J connectivity index is 1.51. The summed E-state index contributed by atoms with van der Waals surface area (Å²) in [6.07, 6.45) is 2.05. The Morgan fingerprint density at radius 2 is 1.66 bits per heavy atom. The molecule has 2 aromatic rings. The number of hydrogen-bond donors (Lipinski definition) is 1. The zero-order valence-electron chi connectivity index (χ0n) is 17.7. The van der Waals surface area contributed by atoms with E-state index in [1.807, 2.05) is 4.90 Å². The molecule has 9 heteroatoms. The smallest absolute Gasteiger partial charge is 0.339 e. The van der Waals surface area contributed by atoms with Gasteiger partial charge in [-0.3, -0.25) is 9.59 Å². The number of anilines is 1. The van der Waals surface area contributed by atoms with Gasteiger partial charge in [0.15, 0.2) is 6.61 Å². The van der Waals surface area contributed by atoms with Gasteiger partial charge in [-0.1, -0.05) is 12.1 Å². The minimum absolute atomic E-state index is 0.0493. The Labute approximate surface area is 190 Å². The molecule has 1 aliphatic heterocycles. The van der Waals surface area contributed by atoms with Crippen LogP contribution in [0.5, 0.6) is 0 Å². The highest BCUT2D eigenvalue weighted by Crippen LogP contribution is 2.24. The van der Waals surface area contributed by atoms with Crippen molar-refractivity contribution in [2.24, 2.45) is 0 Å². The normalized spacial score (nSPS) is 12.8. The predicted octanol–water partition coefficient (Wildman–Crippen LogP) is 2.98. The third kappa shape index (κ3) is 6.34. The molecule has 0 saturated carbocycles. The highest BCUT2D eigenvalue weighted by molar-refractivity contribution is 8.00. The van der Waals surface area contributed by atoms with Gasteiger partial charge in [-0.25, -0.2) is 9.59 Å². The number of benzene rings is 2. The quantitative estimate of drug-likeness (QED) is 0.481. The second kappa shape index (κ2) is 11.3. The van der Waals surface area contributed by atoms with Crippen LogP contribution in [0.25, 0.3) is 0 Å². The summed E-state index contributed by atoms with van der Waals surface area (Å²) in [5, 5.41) is 2.60. The second-order valence-corrected chi connectivity index (χ2v) is 8.08. The van der Waals surface area contributed by atoms with Gasteiger partial charge < -0.3 is 19.7 Å². The van der Waals surface area contributed by atoms with Crippen LogP contribution in [0.3, 0.4) is 0 Å². The second-order valence-electron chi connectivity index (χ2n) is 7.07. The maximum Gasteiger partial charge on any atom is 0.339 e. The van der Waals surface area contributed by atoms with Gasteiger partial charge in [-0.2, -0.15) is 0 Å². The molecule has 8 nitrogen and oxygen atoms in total. The van der Waals surface area contributed by atoms with E-state index >= 15 is 0 Å². The number of ether oxygens (including phenoxy) is 2. The molecule has 1 N–H and O–H groups in total. The molecule has 2 amide bonds. The van der Waals surface area contributed by atoms with Gasteiger partial charge in [0.2, 0.25) is 5.91 Å². The molecular weight excluding hydrogens is 432 g/mol. The number of nitrogens with zero attached hydrogens (tertiary/aromatic N) is 1. The molecule has 168 valence electrons. The van der Waals surface area contributed by atoms with Crippen molar-refractivity contribution in [1.29, 1.82) is 0 Å². The summed E-state index contributed by atoms with van der Waals surface area (Å²) >= 11 is 1.28. The zero-order chi connectivity index (χ0) is 22.9. The average Bonchev–Trinajstić information content (AvgIpc) is 3.36. The van der Waals surface area contributed by atoms with Gasteiger partial charge in [-0.15, -0.1) is 11.8 Å². The molecule has 2 aromatic carbocycles. The van der Waals surface area contributed by atoms with Gasteiger partial charge >= 0.3 is 11.9 Å². The van der Waals surface area contributed by atoms with Crippen molar-refractivity contribution in [2.45, 2.75) is 17.7 Å². The van der Waals surface area contributed by atoms with E-state index in [1.54, 1.807) is 36.4 Å². The molecule has 0 bridgehead atoms. The Kier molecular flexibility index (Phi) is 8.27. The summed E-state index contributed by atoms with van der Waals surface area (Å²) in [6.45, 7) is 1.09. The predicted molar refractivity (Wildman–Crippen MR) is 120 cm³/mol. The first-order chi connectivity index (χ1) is 15.5. The molecule has 1 aliphatic rings. The molecule has 3 rings (SSSR count). The molecule has 1 saturated heterocycles. The van der Waals surface area contributed by atoms with Crippen molar-refractivity contribution >= 4 is 41.2 Å². The fourth-order valence-corrected chi connectivity index (χ4v) is 4.12. The summed E-state index contributed by atoms with van der Waals surface area (Å²) in [7, 11) is 1.29. The summed E-state index contributed by atoms with van der Waals surface area (Å²) in [5.41, 5.74) is 1.12. The molecule has 32 heavy (non-hydrogen) atoms. The van der Waals surface area contributed by atoms with E-state index in [-0.39, 0.29) is 11.7 Å². The summed E-state index contributed by atoms with van der Waals surface area (Å²) in [4.78, 5) is 50.8. The van der Waals surface area contributed by atoms with Crippen molar-refractivity contribution < 1.29 is 28.7 Å². The third-order valence-electron chi connectivity index (χ3n) is 4.84. The number of esters is 2. The topological polar surface area (TPSA) is 102 Å². The molecule has 1 heterocycles. The number of likely N-dealkylation sites (tertiary alicyclic amines) is 1. The summed E-state index contributed by atoms with van der Waals surface area (Å²) in [6, 6.07) is 13.0. The number of nitrogens with one attached hydrogen (secondary N) is 1. The number of amides is 2. The number of thioether (sulfide) groups is 1. The molecule has 0 aromatic heterocycles. The van der Waals surface area contributed by atoms with E-state index in [9.17, 15) is 19.2 Å². The number of hydrogen-bond acceptors (Lipinski definition) is 7. The lowest BCUT2D eigenvalue weighted by atomic mass is 10.2. The van der Waals surface area contributed by atoms with E-state index in [2.05, 4.69) is 10.1 Å². The van der Waals surface area contributed by atoms with Crippen LogP contribution in [0, 0.1) is 0 Å². The van der Waals surface area contributed by atoms with Crippen LogP contribution < -0.4 is 5.32 Å². The van der Waals surface area contributed by atoms with Crippen molar-refractivity contribution in [1.82, 2.24) is 4.90 Å². The van der Waals surface area contributed by atoms with E-state index in [0.717, 1.165) is 25.9 Å². The van der Waals surface area contributed by atoms with Crippen LogP contribution >= 0.6 is 11.8 Å². The van der Waals surface area contributed by atoms with Gasteiger partial charge in [-0.05, 0) is 49.2 Å². The van der Waals surface area contributed by atoms with Gasteiger partial charge in [0.05, 0.1) is 24.0 Å². The highest BCUT2D eigenvalue weighted by atomic mass is 32.2. The number of methoxy groups -OCH3 is 1. The maximum atomic E-state index is 12.5. The third-order valence-corrected chi connectivity index (χ3v) is 5.90. The van der Waals surface area contributed by atoms with Crippen LogP contribution in [0.2, 0.25) is 0 Å². The van der Waals surface area contributed by atoms with Crippen LogP contribution in [-0.2, 0) is 19.1 Å². The van der Waals surface area contributed by atoms with E-state index in [4.69, 9.17) is 4.74 Å². The molecule has 0 radical (unpaired) electrons. The minimum Gasteiger partial charge on any atom is -0.465 e. The Morgan fingerprint density at radius 1 is 0.969 bits per heavy atom. The van der Waals surface area contributed by atoms with E-state index < -0.39 is 24.5 Å². The lowest BCUT2D eigenvalue weighted by Crippen LogP contribution is -2.29. The zero-order valence-corrected chi connectivity index (χ0v) is 18.5. The molecular formula is C23H24N2O6S. The van der Waals surface area contributed by atoms with Crippen LogP contribution in [-0.4, -0.2) is 61.2 Å². The fraction of sp³-hybridized carbons (Fsp3) is 0.304. The molecule has 0 atom stereocenters. The Hall–Kier alpha value is -3.33. The van der Waals surface area contributed by atoms with Crippen molar-refractivity contribution in [3.05, 3.63) is 59.7 Å². The minimum atomic E-state index is -0.641. The van der Waals surface area contributed by atoms with Crippen molar-refractivity contribution in [3.63, 3.8) is 0 Å². The van der Waals surface area contributed by atoms with Crippen LogP contribution in [0.4, 0.5) is 5.69 Å². The molecule has 1 fully saturated rings. The number of carbonyl (C=O) groups is 4. The average molecular weight is 457 g/mol. The van der Waals surface area contributed by atoms with Crippen molar-refractivity contribution in [3.8, 4) is 0 Å². The SMILES string of the molecule is COC(=O)c1ccc(NC(=O)COC(=O)c2ccccc2SCC(=O)N2CCCC2)cc1. The van der Waals surface area contributed by atoms with Crippen LogP contribution in [0.1, 0.15) is 33.6 Å². The molecule has 0 unspecified atom stereocenters. The standard InChI is InChI=1S/C23H24N2O6S/c1-30-22(28)16-8-10-17(11-9-16)24-20(26)14-31-23(29)18-6-2-3-7-19(18)32-15-21(27)25-12-4-5-13-25/h2-3,6-11H,4-5,12-15H2,1H3,(H,24,26). The lowest BCUT2D eigenvalue weighted by molar-refractivity contribution is -0.127. The van der Waals surface area contributed by atoms with E-state index in [0.29, 0.717) is 21.7 Å². The Bertz CT molecular complexity index is 986. The van der Waals surface area contributed by atoms with Gasteiger partial charge in [0.25, 0.3) is 5.91 Å². The first-order valence-corrected chi connectivity index (χ1v) is 11.1. The summed E-state index contributed by atoms with van der Waals surface area (Å²) < 4.78 is 9.78. The Morgan fingerprint density at radius 3 is 2.34 bits per heavy atom. The first-order valence-electron chi connectivity index (χ1n) is 10.1. The van der Waals surface area contributed by atoms with Crippen molar-refractivity contribution in [2.75, 3.05) is 37.9 Å². The number of rotatable bonds is 8. The van der Waals surface area contributed by atoms with Gasteiger partial charge in [0.1, 0.15) is 0 Å². The monoisotopic (exact) mass is 456 g/mol. The maximum absolute atomic E-state index is 12.5. The molecule has 0 spiro atoms. The molecule has 0 aliphatic carbocycles. The van der Waals surface area contributed by atoms with Gasteiger partial charge in [0, 0.05) is 23.7 Å². The highest BCUT2D eigenvalue weighted by Gasteiger charge is 2.20. The summed E-state index contributed by atoms with van der Waals surface area (Å²) in [5.74, 6) is -1.34. The van der Waals surface area contributed by atoms with E-state index in [1.165, 1.54) is 31.0 Å². The fourth-order valence-electron chi connectivity index (χ4n) is 3.17. The number of carbonyl (C=O) groups excluding carboxylic acids is 4. The largest absolute Gasteiger partial charge is 0.465 e. The lowest BCUT2D eigenvalue weighted by Gasteiger charge is -2.15. The van der Waals surface area contributed by atoms with Crippen LogP contribution in [0.15, 0.2) is 53.4 Å².